The van der Waals surface area contributed by atoms with Crippen LogP contribution in [0.4, 0.5) is 0 Å². The van der Waals surface area contributed by atoms with E-state index in [1.54, 1.807) is 0 Å². The van der Waals surface area contributed by atoms with Gasteiger partial charge < -0.3 is 11.1 Å². The van der Waals surface area contributed by atoms with E-state index in [1.165, 1.54) is 0 Å². The molecule has 0 amide bonds. The van der Waals surface area contributed by atoms with Crippen molar-refractivity contribution < 1.29 is 13.0 Å². The van der Waals surface area contributed by atoms with Gasteiger partial charge in [-0.3, -0.25) is 4.55 Å². The smallest absolute Gasteiger partial charge is 0.261 e. The van der Waals surface area contributed by atoms with Gasteiger partial charge in [-0.05, 0) is 12.2 Å². The van der Waals surface area contributed by atoms with Gasteiger partial charge in [-0.2, -0.15) is 13.7 Å². The molecule has 0 saturated carbocycles. The number of thiocarbonyl (C=S) groups is 1. The Kier molecular flexibility index (Phi) is 8.68. The number of hydrogen-bond acceptors (Lipinski definition) is 4. The molecule has 8 heteroatoms. The lowest BCUT2D eigenvalue weighted by Gasteiger charge is -1.95. The summed E-state index contributed by atoms with van der Waals surface area (Å²) in [6, 6.07) is 1.95. The quantitative estimate of drug-likeness (QED) is 0.321. The minimum Gasteiger partial charge on any atom is -0.376 e. The highest BCUT2D eigenvalue weighted by Gasteiger charge is 1.82. The van der Waals surface area contributed by atoms with Crippen LogP contribution in [0.2, 0.25) is 0 Å². The third-order valence-electron chi connectivity index (χ3n) is 0.536. The second-order valence-corrected chi connectivity index (χ2v) is 3.84. The van der Waals surface area contributed by atoms with E-state index in [2.05, 4.69) is 17.5 Å². The molecule has 76 valence electrons. The Labute approximate surface area is 82.5 Å². The van der Waals surface area contributed by atoms with E-state index in [0.29, 0.717) is 19.2 Å². The van der Waals surface area contributed by atoms with Crippen molar-refractivity contribution in [1.82, 2.24) is 5.32 Å². The molecular weight excluding hydrogens is 214 g/mol. The topological polar surface area (TPSA) is 116 Å². The highest BCUT2D eigenvalue weighted by molar-refractivity contribution is 7.85. The number of nitrogens with two attached hydrogens (primary N) is 1. The lowest BCUT2D eigenvalue weighted by molar-refractivity contribution is 0.490. The molecule has 0 rings (SSSR count). The van der Waals surface area contributed by atoms with Crippen molar-refractivity contribution in [2.45, 2.75) is 6.42 Å². The lowest BCUT2D eigenvalue weighted by atomic mass is 10.5. The predicted molar refractivity (Wildman–Crippen MR) is 52.5 cm³/mol. The summed E-state index contributed by atoms with van der Waals surface area (Å²) >= 11 is 4.47. The van der Waals surface area contributed by atoms with Crippen molar-refractivity contribution in [2.75, 3.05) is 12.8 Å². The number of nitrogens with one attached hydrogen (secondary N) is 1. The number of nitrogens with zero attached hydrogens (tertiary/aromatic N) is 1. The van der Waals surface area contributed by atoms with Gasteiger partial charge in [0, 0.05) is 6.54 Å². The maximum Gasteiger partial charge on any atom is 0.261 e. The van der Waals surface area contributed by atoms with E-state index in [9.17, 15) is 8.42 Å². The maximum absolute atomic E-state index is 9.19. The molecule has 13 heavy (non-hydrogen) atoms. The molecule has 0 unspecified atom stereocenters. The van der Waals surface area contributed by atoms with E-state index in [1.807, 2.05) is 6.07 Å². The van der Waals surface area contributed by atoms with Gasteiger partial charge in [-0.1, -0.05) is 0 Å². The van der Waals surface area contributed by atoms with Gasteiger partial charge in [0.2, 0.25) is 0 Å². The van der Waals surface area contributed by atoms with Gasteiger partial charge in [-0.15, -0.1) is 0 Å². The molecule has 0 atom stereocenters. The van der Waals surface area contributed by atoms with Crippen LogP contribution in [0.25, 0.3) is 0 Å². The van der Waals surface area contributed by atoms with E-state index in [-0.39, 0.29) is 5.11 Å². The fraction of sp³-hybridized carbons (Fsp3) is 0.600. The number of hydrogen-bond donors (Lipinski definition) is 3. The van der Waals surface area contributed by atoms with E-state index in [0.717, 1.165) is 0 Å². The number of nitriles is 1. The molecule has 0 aliphatic rings. The minimum absolute atomic E-state index is 0.250. The van der Waals surface area contributed by atoms with Crippen LogP contribution in [-0.4, -0.2) is 30.9 Å². The summed E-state index contributed by atoms with van der Waals surface area (Å²) in [5.41, 5.74) is 5.04. The average Bonchev–Trinajstić information content (AvgIpc) is 1.83. The normalized spacial score (nSPS) is 9.00. The van der Waals surface area contributed by atoms with Gasteiger partial charge in [0.05, 0.1) is 18.7 Å². The largest absolute Gasteiger partial charge is 0.376 e. The summed E-state index contributed by atoms with van der Waals surface area (Å²) in [5, 5.41) is 10.9. The molecule has 4 N–H and O–H groups in total. The SMILES string of the molecule is CS(=O)(=O)O.N#CCCNC(N)=S. The third kappa shape index (κ3) is 54.8. The molecule has 0 radical (unpaired) electrons. The Balaban J connectivity index is 0. The highest BCUT2D eigenvalue weighted by Crippen LogP contribution is 1.67. The fourth-order valence-electron chi connectivity index (χ4n) is 0.242. The molecular formula is C5H11N3O3S2. The van der Waals surface area contributed by atoms with Crippen molar-refractivity contribution in [2.24, 2.45) is 5.73 Å². The monoisotopic (exact) mass is 225 g/mol. The standard InChI is InChI=1S/C4H7N3S.CH4O3S/c5-2-1-3-7-4(6)8;1-5(2,3)4/h1,3H2,(H3,6,7,8);1H3,(H,2,3,4). The van der Waals surface area contributed by atoms with Crippen molar-refractivity contribution in [1.29, 1.82) is 5.26 Å². The second kappa shape index (κ2) is 7.72. The Morgan fingerprint density at radius 2 is 2.15 bits per heavy atom. The van der Waals surface area contributed by atoms with Crippen LogP contribution in [0.15, 0.2) is 0 Å². The summed E-state index contributed by atoms with van der Waals surface area (Å²) in [4.78, 5) is 0. The molecule has 0 heterocycles. The van der Waals surface area contributed by atoms with Crippen LogP contribution in [0.1, 0.15) is 6.42 Å². The highest BCUT2D eigenvalue weighted by atomic mass is 32.2. The van der Waals surface area contributed by atoms with Crippen LogP contribution >= 0.6 is 12.2 Å². The summed E-state index contributed by atoms with van der Waals surface area (Å²) in [6.07, 6.45) is 1.16. The van der Waals surface area contributed by atoms with Gasteiger partial charge >= 0.3 is 0 Å². The minimum atomic E-state index is -3.67. The molecule has 0 aromatic heterocycles. The Morgan fingerprint density at radius 3 is 2.38 bits per heavy atom. The molecule has 0 aromatic rings. The average molecular weight is 225 g/mol. The maximum atomic E-state index is 9.19. The first kappa shape index (κ1) is 14.6. The summed E-state index contributed by atoms with van der Waals surface area (Å²) in [5.74, 6) is 0. The van der Waals surface area contributed by atoms with Crippen LogP contribution in [-0.2, 0) is 10.1 Å². The molecule has 0 saturated heterocycles. The fourth-order valence-corrected chi connectivity index (χ4v) is 0.344. The lowest BCUT2D eigenvalue weighted by Crippen LogP contribution is -2.29. The summed E-state index contributed by atoms with van der Waals surface area (Å²) in [6.45, 7) is 0.547. The van der Waals surface area contributed by atoms with Crippen LogP contribution in [0, 0.1) is 11.3 Å². The van der Waals surface area contributed by atoms with Gasteiger partial charge in [0.15, 0.2) is 5.11 Å². The zero-order valence-corrected chi connectivity index (χ0v) is 8.65. The molecule has 0 aliphatic carbocycles. The first-order valence-corrected chi connectivity index (χ1v) is 5.35. The second-order valence-electron chi connectivity index (χ2n) is 1.93. The molecule has 0 fully saturated rings. The van der Waals surface area contributed by atoms with Crippen molar-refractivity contribution in [3.05, 3.63) is 0 Å². The predicted octanol–water partition coefficient (Wildman–Crippen LogP) is -0.763. The van der Waals surface area contributed by atoms with Crippen LogP contribution in [0.5, 0.6) is 0 Å². The van der Waals surface area contributed by atoms with Crippen LogP contribution < -0.4 is 11.1 Å². The summed E-state index contributed by atoms with van der Waals surface area (Å²) < 4.78 is 25.9. The molecule has 0 aromatic carbocycles. The van der Waals surface area contributed by atoms with Crippen molar-refractivity contribution in [3.8, 4) is 6.07 Å². The zero-order valence-electron chi connectivity index (χ0n) is 7.02. The first-order valence-electron chi connectivity index (χ1n) is 3.10. The van der Waals surface area contributed by atoms with Crippen molar-refractivity contribution in [3.63, 3.8) is 0 Å². The molecule has 0 spiro atoms. The summed E-state index contributed by atoms with van der Waals surface area (Å²) in [7, 11) is -3.67. The molecule has 0 aliphatic heterocycles. The molecule has 6 nitrogen and oxygen atoms in total. The zero-order chi connectivity index (χ0) is 10.9. The van der Waals surface area contributed by atoms with Gasteiger partial charge in [-0.25, -0.2) is 0 Å². The van der Waals surface area contributed by atoms with Crippen molar-refractivity contribution >= 4 is 27.4 Å². The molecule has 0 bridgehead atoms. The first-order chi connectivity index (χ1) is 5.77. The third-order valence-corrected chi connectivity index (χ3v) is 0.680. The Bertz CT molecular complexity index is 272. The van der Waals surface area contributed by atoms with Gasteiger partial charge in [0.25, 0.3) is 10.1 Å². The van der Waals surface area contributed by atoms with Crippen LogP contribution in [0.3, 0.4) is 0 Å². The van der Waals surface area contributed by atoms with E-state index in [4.69, 9.17) is 15.5 Å². The Morgan fingerprint density at radius 1 is 1.77 bits per heavy atom. The Hall–Kier alpha value is -0.910. The number of rotatable bonds is 2. The van der Waals surface area contributed by atoms with E-state index >= 15 is 0 Å². The van der Waals surface area contributed by atoms with E-state index < -0.39 is 10.1 Å². The van der Waals surface area contributed by atoms with Gasteiger partial charge in [0.1, 0.15) is 0 Å².